The maximum absolute atomic E-state index is 12.3. The van der Waals surface area contributed by atoms with Gasteiger partial charge in [-0.3, -0.25) is 4.79 Å². The monoisotopic (exact) mass is 257 g/mol. The highest BCUT2D eigenvalue weighted by atomic mass is 19.4. The van der Waals surface area contributed by atoms with Crippen molar-refractivity contribution in [3.8, 4) is 0 Å². The molecule has 1 rings (SSSR count). The van der Waals surface area contributed by atoms with Gasteiger partial charge in [0.1, 0.15) is 0 Å². The maximum atomic E-state index is 12.3. The minimum atomic E-state index is -4.82. The minimum absolute atomic E-state index is 0.0504. The van der Waals surface area contributed by atoms with Crippen molar-refractivity contribution < 1.29 is 18.0 Å². The molecule has 0 aliphatic rings. The van der Waals surface area contributed by atoms with Crippen LogP contribution in [-0.4, -0.2) is 18.0 Å². The first-order valence-corrected chi connectivity index (χ1v) is 5.44. The molecule has 2 nitrogen and oxygen atoms in total. The fourth-order valence-corrected chi connectivity index (χ4v) is 1.48. The SMILES string of the molecule is C=CCC(NCc1ccccc1)C(=O)C(F)(F)F. The van der Waals surface area contributed by atoms with Crippen molar-refractivity contribution in [3.05, 3.63) is 48.6 Å². The molecule has 0 amide bonds. The van der Waals surface area contributed by atoms with Gasteiger partial charge in [0.2, 0.25) is 0 Å². The number of carbonyl (C=O) groups is 1. The van der Waals surface area contributed by atoms with E-state index in [2.05, 4.69) is 11.9 Å². The molecule has 0 heterocycles. The molecule has 0 saturated heterocycles. The lowest BCUT2D eigenvalue weighted by Crippen LogP contribution is -2.43. The summed E-state index contributed by atoms with van der Waals surface area (Å²) in [5.41, 5.74) is 0.821. The Morgan fingerprint density at radius 1 is 1.33 bits per heavy atom. The number of alkyl halides is 3. The van der Waals surface area contributed by atoms with Crippen LogP contribution in [0.2, 0.25) is 0 Å². The lowest BCUT2D eigenvalue weighted by molar-refractivity contribution is -0.173. The molecule has 1 atom stereocenters. The smallest absolute Gasteiger partial charge is 0.303 e. The Kier molecular flexibility index (Phi) is 5.09. The zero-order valence-electron chi connectivity index (χ0n) is 9.70. The van der Waals surface area contributed by atoms with E-state index in [1.54, 1.807) is 24.3 Å². The Morgan fingerprint density at radius 3 is 2.44 bits per heavy atom. The van der Waals surface area contributed by atoms with Gasteiger partial charge in [-0.2, -0.15) is 13.2 Å². The van der Waals surface area contributed by atoms with E-state index < -0.39 is 18.0 Å². The second kappa shape index (κ2) is 6.35. The van der Waals surface area contributed by atoms with Crippen molar-refractivity contribution in [1.82, 2.24) is 5.32 Å². The fraction of sp³-hybridized carbons (Fsp3) is 0.308. The standard InChI is InChI=1S/C13H14F3NO/c1-2-6-11(12(18)13(14,15)16)17-9-10-7-4-3-5-8-10/h2-5,7-8,11,17H,1,6,9H2. The van der Waals surface area contributed by atoms with Crippen molar-refractivity contribution in [2.75, 3.05) is 0 Å². The van der Waals surface area contributed by atoms with E-state index in [1.165, 1.54) is 6.08 Å². The summed E-state index contributed by atoms with van der Waals surface area (Å²) in [6.45, 7) is 3.57. The van der Waals surface area contributed by atoms with Crippen LogP contribution in [0, 0.1) is 0 Å². The normalized spacial score (nSPS) is 13.1. The molecule has 0 aromatic heterocycles. The van der Waals surface area contributed by atoms with E-state index in [4.69, 9.17) is 0 Å². The second-order valence-electron chi connectivity index (χ2n) is 3.81. The molecule has 1 aromatic rings. The third-order valence-electron chi connectivity index (χ3n) is 2.39. The van der Waals surface area contributed by atoms with Crippen LogP contribution < -0.4 is 5.32 Å². The predicted molar refractivity (Wildman–Crippen MR) is 62.9 cm³/mol. The van der Waals surface area contributed by atoms with Gasteiger partial charge in [0.25, 0.3) is 5.78 Å². The van der Waals surface area contributed by atoms with Crippen LogP contribution in [0.25, 0.3) is 0 Å². The largest absolute Gasteiger partial charge is 0.451 e. The van der Waals surface area contributed by atoms with E-state index in [1.807, 2.05) is 6.07 Å². The van der Waals surface area contributed by atoms with Gasteiger partial charge < -0.3 is 5.32 Å². The van der Waals surface area contributed by atoms with Crippen molar-refractivity contribution in [1.29, 1.82) is 0 Å². The molecule has 0 aliphatic carbocycles. The molecule has 98 valence electrons. The number of nitrogens with one attached hydrogen (secondary N) is 1. The number of rotatable bonds is 6. The number of Topliss-reactive ketones (excluding diaryl/α,β-unsaturated/α-hetero) is 1. The van der Waals surface area contributed by atoms with E-state index >= 15 is 0 Å². The molecule has 1 aromatic carbocycles. The van der Waals surface area contributed by atoms with E-state index in [-0.39, 0.29) is 13.0 Å². The van der Waals surface area contributed by atoms with Gasteiger partial charge in [0.15, 0.2) is 0 Å². The van der Waals surface area contributed by atoms with Crippen LogP contribution in [0.15, 0.2) is 43.0 Å². The summed E-state index contributed by atoms with van der Waals surface area (Å²) < 4.78 is 37.0. The number of hydrogen-bond acceptors (Lipinski definition) is 2. The maximum Gasteiger partial charge on any atom is 0.451 e. The van der Waals surface area contributed by atoms with E-state index in [0.717, 1.165) is 5.56 Å². The molecule has 0 fully saturated rings. The topological polar surface area (TPSA) is 29.1 Å². The molecular formula is C13H14F3NO. The van der Waals surface area contributed by atoms with Gasteiger partial charge >= 0.3 is 6.18 Å². The third-order valence-corrected chi connectivity index (χ3v) is 2.39. The summed E-state index contributed by atoms with van der Waals surface area (Å²) in [5.74, 6) is -1.77. The van der Waals surface area contributed by atoms with Crippen LogP contribution in [0.3, 0.4) is 0 Å². The highest BCUT2D eigenvalue weighted by Crippen LogP contribution is 2.19. The Balaban J connectivity index is 2.64. The first kappa shape index (κ1) is 14.4. The second-order valence-corrected chi connectivity index (χ2v) is 3.81. The van der Waals surface area contributed by atoms with Crippen molar-refractivity contribution in [2.24, 2.45) is 0 Å². The van der Waals surface area contributed by atoms with Crippen LogP contribution in [0.5, 0.6) is 0 Å². The van der Waals surface area contributed by atoms with E-state index in [0.29, 0.717) is 0 Å². The predicted octanol–water partition coefficient (Wildman–Crippen LogP) is 2.85. The number of benzene rings is 1. The van der Waals surface area contributed by atoms with Gasteiger partial charge in [0, 0.05) is 6.54 Å². The third kappa shape index (κ3) is 4.33. The summed E-state index contributed by atoms with van der Waals surface area (Å²) in [5, 5.41) is 2.60. The molecule has 0 saturated carbocycles. The minimum Gasteiger partial charge on any atom is -0.303 e. The van der Waals surface area contributed by atoms with Gasteiger partial charge in [-0.05, 0) is 12.0 Å². The summed E-state index contributed by atoms with van der Waals surface area (Å²) in [4.78, 5) is 11.1. The van der Waals surface area contributed by atoms with Gasteiger partial charge in [-0.1, -0.05) is 36.4 Å². The Morgan fingerprint density at radius 2 is 1.94 bits per heavy atom. The zero-order chi connectivity index (χ0) is 13.6. The van der Waals surface area contributed by atoms with Gasteiger partial charge in [-0.15, -0.1) is 6.58 Å². The number of ketones is 1. The summed E-state index contributed by atoms with van der Waals surface area (Å²) >= 11 is 0. The lowest BCUT2D eigenvalue weighted by Gasteiger charge is -2.17. The fourth-order valence-electron chi connectivity index (χ4n) is 1.48. The van der Waals surface area contributed by atoms with Crippen LogP contribution in [-0.2, 0) is 11.3 Å². The van der Waals surface area contributed by atoms with Crippen LogP contribution in [0.1, 0.15) is 12.0 Å². The Bertz CT molecular complexity index is 400. The molecule has 0 spiro atoms. The molecule has 0 aliphatic heterocycles. The summed E-state index contributed by atoms with van der Waals surface area (Å²) in [6, 6.07) is 7.65. The van der Waals surface area contributed by atoms with Gasteiger partial charge in [0.05, 0.1) is 6.04 Å². The number of hydrogen-bond donors (Lipinski definition) is 1. The van der Waals surface area contributed by atoms with E-state index in [9.17, 15) is 18.0 Å². The first-order valence-electron chi connectivity index (χ1n) is 5.44. The van der Waals surface area contributed by atoms with Crippen molar-refractivity contribution in [2.45, 2.75) is 25.2 Å². The van der Waals surface area contributed by atoms with Crippen LogP contribution >= 0.6 is 0 Å². The molecule has 0 radical (unpaired) electrons. The highest BCUT2D eigenvalue weighted by Gasteiger charge is 2.42. The number of halogens is 3. The Labute approximate surface area is 104 Å². The lowest BCUT2D eigenvalue weighted by atomic mass is 10.1. The molecule has 18 heavy (non-hydrogen) atoms. The average molecular weight is 257 g/mol. The zero-order valence-corrected chi connectivity index (χ0v) is 9.70. The quantitative estimate of drug-likeness (QED) is 0.794. The molecule has 1 N–H and O–H groups in total. The number of carbonyl (C=O) groups excluding carboxylic acids is 1. The molecule has 0 bridgehead atoms. The van der Waals surface area contributed by atoms with Crippen molar-refractivity contribution >= 4 is 5.78 Å². The average Bonchev–Trinajstić information content (AvgIpc) is 2.34. The Hall–Kier alpha value is -1.62. The molecular weight excluding hydrogens is 243 g/mol. The first-order chi connectivity index (χ1) is 8.45. The molecule has 5 heteroatoms. The van der Waals surface area contributed by atoms with Gasteiger partial charge in [-0.25, -0.2) is 0 Å². The van der Waals surface area contributed by atoms with Crippen LogP contribution in [0.4, 0.5) is 13.2 Å². The van der Waals surface area contributed by atoms with Crippen molar-refractivity contribution in [3.63, 3.8) is 0 Å². The highest BCUT2D eigenvalue weighted by molar-refractivity contribution is 5.89. The summed E-state index contributed by atoms with van der Waals surface area (Å²) in [6.07, 6.45) is -3.57. The molecule has 1 unspecified atom stereocenters. The summed E-state index contributed by atoms with van der Waals surface area (Å²) in [7, 11) is 0.